The van der Waals surface area contributed by atoms with Crippen LogP contribution in [0.2, 0.25) is 0 Å². The number of amides is 2. The molecule has 2 amide bonds. The number of aryl methyl sites for hydroxylation is 1. The lowest BCUT2D eigenvalue weighted by molar-refractivity contribution is 0.101. The van der Waals surface area contributed by atoms with Crippen LogP contribution in [-0.4, -0.2) is 21.8 Å². The fraction of sp³-hybridized carbons (Fsp3) is 0.0400. The van der Waals surface area contributed by atoms with E-state index in [0.29, 0.717) is 34.1 Å². The highest BCUT2D eigenvalue weighted by atomic mass is 19.1. The lowest BCUT2D eigenvalue weighted by atomic mass is 10.1. The Balaban J connectivity index is 1.44. The molecule has 0 aliphatic heterocycles. The standard InChI is InChI=1S/C25H21FN6O2/c1-15-8-9-20(30-23(33)16-4-2-5-17(26)10-16)12-22(15)24(34)31-21-13-28-25(29-14-21)32-19-7-3-6-18(27)11-19/h2-14H,27H2,1H3,(H,30,33)(H,31,34)(H,28,29,32). The van der Waals surface area contributed by atoms with Crippen LogP contribution in [0, 0.1) is 12.7 Å². The molecule has 34 heavy (non-hydrogen) atoms. The molecule has 0 bridgehead atoms. The molecular formula is C25H21FN6O2. The summed E-state index contributed by atoms with van der Waals surface area (Å²) >= 11 is 0. The zero-order chi connectivity index (χ0) is 24.1. The van der Waals surface area contributed by atoms with E-state index in [1.54, 1.807) is 37.3 Å². The average Bonchev–Trinajstić information content (AvgIpc) is 2.81. The number of hydrogen-bond donors (Lipinski definition) is 4. The van der Waals surface area contributed by atoms with Crippen LogP contribution < -0.4 is 21.7 Å². The number of halogens is 1. The zero-order valence-corrected chi connectivity index (χ0v) is 18.2. The van der Waals surface area contributed by atoms with Crippen molar-refractivity contribution < 1.29 is 14.0 Å². The van der Waals surface area contributed by atoms with Crippen molar-refractivity contribution in [1.29, 1.82) is 0 Å². The van der Waals surface area contributed by atoms with Gasteiger partial charge in [0.2, 0.25) is 5.95 Å². The van der Waals surface area contributed by atoms with Crippen LogP contribution in [0.25, 0.3) is 0 Å². The molecule has 170 valence electrons. The maximum atomic E-state index is 13.4. The second kappa shape index (κ2) is 9.78. The van der Waals surface area contributed by atoms with Crippen LogP contribution in [0.1, 0.15) is 26.3 Å². The Morgan fingerprint density at radius 1 is 0.824 bits per heavy atom. The fourth-order valence-corrected chi connectivity index (χ4v) is 3.18. The average molecular weight is 456 g/mol. The van der Waals surface area contributed by atoms with Gasteiger partial charge >= 0.3 is 0 Å². The summed E-state index contributed by atoms with van der Waals surface area (Å²) in [5.74, 6) is -1.03. The summed E-state index contributed by atoms with van der Waals surface area (Å²) in [5, 5.41) is 8.45. The molecule has 1 aromatic heterocycles. The van der Waals surface area contributed by atoms with Gasteiger partial charge in [-0.05, 0) is 61.0 Å². The Morgan fingerprint density at radius 3 is 2.29 bits per heavy atom. The molecule has 0 saturated carbocycles. The smallest absolute Gasteiger partial charge is 0.256 e. The van der Waals surface area contributed by atoms with Gasteiger partial charge in [0, 0.05) is 28.2 Å². The molecule has 0 aliphatic rings. The maximum Gasteiger partial charge on any atom is 0.256 e. The van der Waals surface area contributed by atoms with Gasteiger partial charge in [0.05, 0.1) is 18.1 Å². The number of nitrogen functional groups attached to an aromatic ring is 1. The first-order chi connectivity index (χ1) is 16.4. The summed E-state index contributed by atoms with van der Waals surface area (Å²) in [6.45, 7) is 1.78. The van der Waals surface area contributed by atoms with Crippen molar-refractivity contribution in [2.24, 2.45) is 0 Å². The number of nitrogens with two attached hydrogens (primary N) is 1. The normalized spacial score (nSPS) is 10.4. The predicted molar refractivity (Wildman–Crippen MR) is 130 cm³/mol. The Morgan fingerprint density at radius 2 is 1.56 bits per heavy atom. The number of aromatic nitrogens is 2. The van der Waals surface area contributed by atoms with Crippen molar-refractivity contribution in [2.45, 2.75) is 6.92 Å². The lowest BCUT2D eigenvalue weighted by Crippen LogP contribution is -2.16. The van der Waals surface area contributed by atoms with Gasteiger partial charge in [-0.1, -0.05) is 18.2 Å². The van der Waals surface area contributed by atoms with E-state index in [4.69, 9.17) is 5.73 Å². The van der Waals surface area contributed by atoms with Crippen LogP contribution in [0.4, 0.5) is 33.1 Å². The summed E-state index contributed by atoms with van der Waals surface area (Å²) in [5.41, 5.74) is 9.17. The van der Waals surface area contributed by atoms with E-state index in [-0.39, 0.29) is 11.5 Å². The van der Waals surface area contributed by atoms with Crippen molar-refractivity contribution in [3.05, 3.63) is 102 Å². The van der Waals surface area contributed by atoms with Crippen molar-refractivity contribution >= 4 is 40.5 Å². The summed E-state index contributed by atoms with van der Waals surface area (Å²) in [6.07, 6.45) is 2.95. The zero-order valence-electron chi connectivity index (χ0n) is 18.2. The summed E-state index contributed by atoms with van der Waals surface area (Å²) in [6, 6.07) is 17.5. The number of anilines is 5. The van der Waals surface area contributed by atoms with E-state index < -0.39 is 11.7 Å². The molecule has 0 spiro atoms. The van der Waals surface area contributed by atoms with Crippen molar-refractivity contribution in [1.82, 2.24) is 9.97 Å². The third-order valence-electron chi connectivity index (χ3n) is 4.88. The van der Waals surface area contributed by atoms with E-state index in [2.05, 4.69) is 25.9 Å². The molecule has 0 fully saturated rings. The van der Waals surface area contributed by atoms with Crippen molar-refractivity contribution in [2.75, 3.05) is 21.7 Å². The Hall–Kier alpha value is -4.79. The Kier molecular flexibility index (Phi) is 6.45. The molecule has 4 rings (SSSR count). The van der Waals surface area contributed by atoms with Gasteiger partial charge in [0.25, 0.3) is 11.8 Å². The molecule has 4 aromatic rings. The van der Waals surface area contributed by atoms with Gasteiger partial charge in [0.15, 0.2) is 0 Å². The quantitative estimate of drug-likeness (QED) is 0.311. The van der Waals surface area contributed by atoms with E-state index in [9.17, 15) is 14.0 Å². The van der Waals surface area contributed by atoms with Gasteiger partial charge in [0.1, 0.15) is 5.82 Å². The molecule has 0 saturated heterocycles. The molecule has 5 N–H and O–H groups in total. The largest absolute Gasteiger partial charge is 0.399 e. The van der Waals surface area contributed by atoms with E-state index in [0.717, 1.165) is 11.8 Å². The topological polar surface area (TPSA) is 122 Å². The highest BCUT2D eigenvalue weighted by molar-refractivity contribution is 6.08. The van der Waals surface area contributed by atoms with Crippen molar-refractivity contribution in [3.8, 4) is 0 Å². The minimum absolute atomic E-state index is 0.176. The van der Waals surface area contributed by atoms with E-state index in [1.165, 1.54) is 30.6 Å². The van der Waals surface area contributed by atoms with Crippen LogP contribution in [0.5, 0.6) is 0 Å². The number of hydrogen-bond acceptors (Lipinski definition) is 6. The molecular weight excluding hydrogens is 435 g/mol. The highest BCUT2D eigenvalue weighted by Gasteiger charge is 2.13. The first kappa shape index (κ1) is 22.4. The molecule has 9 heteroatoms. The number of nitrogens with zero attached hydrogens (tertiary/aromatic N) is 2. The van der Waals surface area contributed by atoms with Crippen LogP contribution in [-0.2, 0) is 0 Å². The maximum absolute atomic E-state index is 13.4. The summed E-state index contributed by atoms with van der Waals surface area (Å²) in [7, 11) is 0. The third-order valence-corrected chi connectivity index (χ3v) is 4.88. The summed E-state index contributed by atoms with van der Waals surface area (Å²) in [4.78, 5) is 33.6. The number of rotatable bonds is 6. The first-order valence-electron chi connectivity index (χ1n) is 10.3. The van der Waals surface area contributed by atoms with Gasteiger partial charge in [-0.25, -0.2) is 14.4 Å². The molecule has 0 radical (unpaired) electrons. The Bertz CT molecular complexity index is 1360. The minimum atomic E-state index is -0.507. The first-order valence-corrected chi connectivity index (χ1v) is 10.3. The summed E-state index contributed by atoms with van der Waals surface area (Å²) < 4.78 is 13.4. The van der Waals surface area contributed by atoms with Gasteiger partial charge in [-0.15, -0.1) is 0 Å². The number of benzene rings is 3. The van der Waals surface area contributed by atoms with Crippen LogP contribution in [0.15, 0.2) is 79.1 Å². The molecule has 3 aromatic carbocycles. The van der Waals surface area contributed by atoms with E-state index in [1.807, 2.05) is 12.1 Å². The van der Waals surface area contributed by atoms with Gasteiger partial charge < -0.3 is 21.7 Å². The second-order valence-electron chi connectivity index (χ2n) is 7.49. The molecule has 8 nitrogen and oxygen atoms in total. The highest BCUT2D eigenvalue weighted by Crippen LogP contribution is 2.20. The second-order valence-corrected chi connectivity index (χ2v) is 7.49. The molecule has 0 unspecified atom stereocenters. The Labute approximate surface area is 195 Å². The lowest BCUT2D eigenvalue weighted by Gasteiger charge is -2.11. The SMILES string of the molecule is Cc1ccc(NC(=O)c2cccc(F)c2)cc1C(=O)Nc1cnc(Nc2cccc(N)c2)nc1. The van der Waals surface area contributed by atoms with E-state index >= 15 is 0 Å². The minimum Gasteiger partial charge on any atom is -0.399 e. The number of carbonyl (C=O) groups excluding carboxylic acids is 2. The number of carbonyl (C=O) groups is 2. The van der Waals surface area contributed by atoms with Crippen LogP contribution in [0.3, 0.4) is 0 Å². The van der Waals surface area contributed by atoms with Gasteiger partial charge in [-0.3, -0.25) is 9.59 Å². The molecule has 1 heterocycles. The predicted octanol–water partition coefficient (Wildman–Crippen LogP) is 4.75. The van der Waals surface area contributed by atoms with Crippen LogP contribution >= 0.6 is 0 Å². The number of nitrogens with one attached hydrogen (secondary N) is 3. The monoisotopic (exact) mass is 456 g/mol. The fourth-order valence-electron chi connectivity index (χ4n) is 3.18. The third kappa shape index (κ3) is 5.52. The van der Waals surface area contributed by atoms with Crippen molar-refractivity contribution in [3.63, 3.8) is 0 Å². The molecule has 0 atom stereocenters. The molecule has 0 aliphatic carbocycles. The van der Waals surface area contributed by atoms with Gasteiger partial charge in [-0.2, -0.15) is 0 Å².